The summed E-state index contributed by atoms with van der Waals surface area (Å²) in [6, 6.07) is 12.4. The van der Waals surface area contributed by atoms with Gasteiger partial charge in [-0.25, -0.2) is 4.39 Å². The van der Waals surface area contributed by atoms with Crippen molar-refractivity contribution in [3.63, 3.8) is 0 Å². The maximum atomic E-state index is 13.5. The number of fused-ring (bicyclic) bond motifs is 1. The summed E-state index contributed by atoms with van der Waals surface area (Å²) in [4.78, 5) is 11.9. The van der Waals surface area contributed by atoms with Gasteiger partial charge in [0.2, 0.25) is 0 Å². The van der Waals surface area contributed by atoms with Gasteiger partial charge in [-0.2, -0.15) is 0 Å². The van der Waals surface area contributed by atoms with Gasteiger partial charge in [0.05, 0.1) is 21.7 Å². The van der Waals surface area contributed by atoms with Crippen LogP contribution >= 0.6 is 11.6 Å². The molecule has 5 heteroatoms. The molecular formula is C18H11ClFN3. The van der Waals surface area contributed by atoms with Crippen LogP contribution in [0.3, 0.4) is 0 Å². The van der Waals surface area contributed by atoms with E-state index in [1.165, 1.54) is 6.07 Å². The molecule has 0 radical (unpaired) electrons. The maximum Gasteiger partial charge on any atom is 0.141 e. The molecule has 0 saturated heterocycles. The van der Waals surface area contributed by atoms with Crippen LogP contribution in [0, 0.1) is 5.82 Å². The standard InChI is InChI=1S/C18H11ClFN3/c19-13-10-12(3-4-14(13)20)16-17(11-5-8-21-9-6-11)23-15-2-1-7-22-18(15)16/h1-10,23H. The van der Waals surface area contributed by atoms with Gasteiger partial charge in [0.15, 0.2) is 0 Å². The molecule has 0 spiro atoms. The van der Waals surface area contributed by atoms with E-state index in [9.17, 15) is 4.39 Å². The van der Waals surface area contributed by atoms with E-state index in [1.807, 2.05) is 24.3 Å². The summed E-state index contributed by atoms with van der Waals surface area (Å²) in [7, 11) is 0. The molecule has 0 aliphatic carbocycles. The summed E-state index contributed by atoms with van der Waals surface area (Å²) >= 11 is 5.96. The third kappa shape index (κ3) is 2.37. The monoisotopic (exact) mass is 323 g/mol. The molecule has 0 amide bonds. The maximum absolute atomic E-state index is 13.5. The predicted octanol–water partition coefficient (Wildman–Crippen LogP) is 5.08. The average molecular weight is 324 g/mol. The molecule has 23 heavy (non-hydrogen) atoms. The molecule has 1 N–H and O–H groups in total. The van der Waals surface area contributed by atoms with Gasteiger partial charge in [0.1, 0.15) is 5.82 Å². The molecular weight excluding hydrogens is 313 g/mol. The third-order valence-corrected chi connectivity index (χ3v) is 4.02. The number of benzene rings is 1. The van der Waals surface area contributed by atoms with Crippen LogP contribution in [0.15, 0.2) is 61.1 Å². The Kier molecular flexibility index (Phi) is 3.32. The van der Waals surface area contributed by atoms with Gasteiger partial charge in [0.25, 0.3) is 0 Å². The van der Waals surface area contributed by atoms with Crippen LogP contribution in [0.1, 0.15) is 0 Å². The summed E-state index contributed by atoms with van der Waals surface area (Å²) in [6.45, 7) is 0. The lowest BCUT2D eigenvalue weighted by atomic mass is 10.0. The number of H-pyrrole nitrogens is 1. The highest BCUT2D eigenvalue weighted by Crippen LogP contribution is 2.38. The third-order valence-electron chi connectivity index (χ3n) is 3.73. The molecule has 112 valence electrons. The molecule has 0 aliphatic rings. The summed E-state index contributed by atoms with van der Waals surface area (Å²) in [6.07, 6.45) is 5.20. The van der Waals surface area contributed by atoms with Crippen molar-refractivity contribution in [3.05, 3.63) is 71.9 Å². The fourth-order valence-corrected chi connectivity index (χ4v) is 2.87. The number of nitrogens with one attached hydrogen (secondary N) is 1. The number of halogens is 2. The Balaban J connectivity index is 2.05. The topological polar surface area (TPSA) is 41.6 Å². The molecule has 0 atom stereocenters. The number of rotatable bonds is 2. The van der Waals surface area contributed by atoms with Crippen LogP contribution in [0.5, 0.6) is 0 Å². The number of hydrogen-bond donors (Lipinski definition) is 1. The van der Waals surface area contributed by atoms with Crippen molar-refractivity contribution in [2.24, 2.45) is 0 Å². The Morgan fingerprint density at radius 2 is 1.78 bits per heavy atom. The van der Waals surface area contributed by atoms with E-state index in [0.717, 1.165) is 33.4 Å². The normalized spacial score (nSPS) is 11.0. The fourth-order valence-electron chi connectivity index (χ4n) is 2.69. The van der Waals surface area contributed by atoms with Crippen LogP contribution in [0.4, 0.5) is 4.39 Å². The molecule has 0 fully saturated rings. The molecule has 3 aromatic heterocycles. The van der Waals surface area contributed by atoms with Gasteiger partial charge >= 0.3 is 0 Å². The van der Waals surface area contributed by atoms with Crippen molar-refractivity contribution in [3.8, 4) is 22.4 Å². The average Bonchev–Trinajstić information content (AvgIpc) is 2.98. The van der Waals surface area contributed by atoms with Crippen LogP contribution in [0.25, 0.3) is 33.4 Å². The second kappa shape index (κ2) is 5.48. The molecule has 0 saturated carbocycles. The van der Waals surface area contributed by atoms with Gasteiger partial charge in [-0.3, -0.25) is 9.97 Å². The zero-order valence-electron chi connectivity index (χ0n) is 11.9. The first-order valence-electron chi connectivity index (χ1n) is 7.06. The number of hydrogen-bond acceptors (Lipinski definition) is 2. The first-order valence-corrected chi connectivity index (χ1v) is 7.44. The van der Waals surface area contributed by atoms with Crippen molar-refractivity contribution in [2.45, 2.75) is 0 Å². The molecule has 0 bridgehead atoms. The first-order chi connectivity index (χ1) is 11.2. The lowest BCUT2D eigenvalue weighted by Gasteiger charge is -2.06. The number of pyridine rings is 2. The molecule has 3 nitrogen and oxygen atoms in total. The Bertz CT molecular complexity index is 996. The smallest absolute Gasteiger partial charge is 0.141 e. The first kappa shape index (κ1) is 13.9. The summed E-state index contributed by atoms with van der Waals surface area (Å²) in [5.41, 5.74) is 5.33. The lowest BCUT2D eigenvalue weighted by Crippen LogP contribution is -1.86. The zero-order valence-corrected chi connectivity index (χ0v) is 12.7. The highest BCUT2D eigenvalue weighted by Gasteiger charge is 2.16. The summed E-state index contributed by atoms with van der Waals surface area (Å²) < 4.78 is 13.5. The van der Waals surface area contributed by atoms with E-state index in [4.69, 9.17) is 11.6 Å². The minimum atomic E-state index is -0.436. The van der Waals surface area contributed by atoms with Gasteiger partial charge in [-0.1, -0.05) is 17.7 Å². The quantitative estimate of drug-likeness (QED) is 0.558. The number of aromatic nitrogens is 3. The van der Waals surface area contributed by atoms with Gasteiger partial charge in [0, 0.05) is 29.7 Å². The van der Waals surface area contributed by atoms with Crippen LogP contribution < -0.4 is 0 Å². The van der Waals surface area contributed by atoms with Gasteiger partial charge < -0.3 is 4.98 Å². The summed E-state index contributed by atoms with van der Waals surface area (Å²) in [5.74, 6) is -0.436. The highest BCUT2D eigenvalue weighted by atomic mass is 35.5. The number of nitrogens with zero attached hydrogens (tertiary/aromatic N) is 2. The Morgan fingerprint density at radius 3 is 2.57 bits per heavy atom. The molecule has 3 heterocycles. The second-order valence-electron chi connectivity index (χ2n) is 5.14. The minimum absolute atomic E-state index is 0.0912. The second-order valence-corrected chi connectivity index (χ2v) is 5.55. The SMILES string of the molecule is Fc1ccc(-c2c(-c3ccncc3)[nH]c3cccnc23)cc1Cl. The Morgan fingerprint density at radius 1 is 0.957 bits per heavy atom. The van der Waals surface area contributed by atoms with Gasteiger partial charge in [-0.15, -0.1) is 0 Å². The van der Waals surface area contributed by atoms with Crippen molar-refractivity contribution in [1.82, 2.24) is 15.0 Å². The van der Waals surface area contributed by atoms with Gasteiger partial charge in [-0.05, 0) is 42.0 Å². The molecule has 0 aliphatic heterocycles. The highest BCUT2D eigenvalue weighted by molar-refractivity contribution is 6.31. The van der Waals surface area contributed by atoms with Crippen LogP contribution in [-0.2, 0) is 0 Å². The van der Waals surface area contributed by atoms with Crippen molar-refractivity contribution < 1.29 is 4.39 Å². The van der Waals surface area contributed by atoms with E-state index in [1.54, 1.807) is 30.7 Å². The molecule has 1 aromatic carbocycles. The van der Waals surface area contributed by atoms with Crippen LogP contribution in [-0.4, -0.2) is 15.0 Å². The largest absolute Gasteiger partial charge is 0.353 e. The Hall–Kier alpha value is -2.72. The van der Waals surface area contributed by atoms with Crippen molar-refractivity contribution in [1.29, 1.82) is 0 Å². The van der Waals surface area contributed by atoms with E-state index in [-0.39, 0.29) is 5.02 Å². The summed E-state index contributed by atoms with van der Waals surface area (Å²) in [5, 5.41) is 0.0912. The predicted molar refractivity (Wildman–Crippen MR) is 89.7 cm³/mol. The van der Waals surface area contributed by atoms with E-state index in [2.05, 4.69) is 15.0 Å². The zero-order chi connectivity index (χ0) is 15.8. The fraction of sp³-hybridized carbons (Fsp3) is 0. The molecule has 4 aromatic rings. The van der Waals surface area contributed by atoms with Crippen molar-refractivity contribution >= 4 is 22.6 Å². The van der Waals surface area contributed by atoms with Crippen LogP contribution in [0.2, 0.25) is 5.02 Å². The Labute approximate surface area is 136 Å². The van der Waals surface area contributed by atoms with E-state index >= 15 is 0 Å². The van der Waals surface area contributed by atoms with E-state index in [0.29, 0.717) is 0 Å². The lowest BCUT2D eigenvalue weighted by molar-refractivity contribution is 0.628. The minimum Gasteiger partial charge on any atom is -0.353 e. The number of aromatic amines is 1. The van der Waals surface area contributed by atoms with E-state index < -0.39 is 5.82 Å². The molecule has 4 rings (SSSR count). The molecule has 0 unspecified atom stereocenters. The van der Waals surface area contributed by atoms with Crippen molar-refractivity contribution in [2.75, 3.05) is 0 Å².